The first-order chi connectivity index (χ1) is 12.9. The van der Waals surface area contributed by atoms with Crippen molar-refractivity contribution in [2.45, 2.75) is 0 Å². The second-order valence-corrected chi connectivity index (χ2v) is 6.31. The first kappa shape index (κ1) is 13.6. The SMILES string of the molecule is c1ccc(-c2cc3ocnc3c3c2oc2c4ccccc4ccc23)nc1. The number of furan rings is 1. The van der Waals surface area contributed by atoms with Crippen LogP contribution in [0.25, 0.3) is 55.1 Å². The largest absolute Gasteiger partial charge is 0.455 e. The van der Waals surface area contributed by atoms with Gasteiger partial charge in [0.25, 0.3) is 0 Å². The topological polar surface area (TPSA) is 52.1 Å². The number of rotatable bonds is 1. The Morgan fingerprint density at radius 1 is 0.769 bits per heavy atom. The first-order valence-electron chi connectivity index (χ1n) is 8.42. The number of benzene rings is 3. The summed E-state index contributed by atoms with van der Waals surface area (Å²) in [5, 5.41) is 4.24. The molecule has 0 aliphatic carbocycles. The van der Waals surface area contributed by atoms with Crippen LogP contribution in [0, 0.1) is 0 Å². The normalized spacial score (nSPS) is 11.8. The summed E-state index contributed by atoms with van der Waals surface area (Å²) in [5.74, 6) is 0. The lowest BCUT2D eigenvalue weighted by Gasteiger charge is -2.01. The molecule has 0 atom stereocenters. The van der Waals surface area contributed by atoms with E-state index in [0.29, 0.717) is 0 Å². The van der Waals surface area contributed by atoms with Crippen LogP contribution in [-0.2, 0) is 0 Å². The van der Waals surface area contributed by atoms with Gasteiger partial charge in [0.2, 0.25) is 0 Å². The molecule has 3 heterocycles. The summed E-state index contributed by atoms with van der Waals surface area (Å²) in [6.07, 6.45) is 3.26. The van der Waals surface area contributed by atoms with E-state index in [2.05, 4.69) is 34.2 Å². The van der Waals surface area contributed by atoms with Gasteiger partial charge in [-0.2, -0.15) is 0 Å². The molecule has 0 saturated heterocycles. The summed E-state index contributed by atoms with van der Waals surface area (Å²) in [7, 11) is 0. The molecule has 0 aliphatic heterocycles. The fraction of sp³-hybridized carbons (Fsp3) is 0. The smallest absolute Gasteiger partial charge is 0.182 e. The fourth-order valence-electron chi connectivity index (χ4n) is 3.70. The number of aromatic nitrogens is 2. The maximum Gasteiger partial charge on any atom is 0.182 e. The van der Waals surface area contributed by atoms with Gasteiger partial charge in [0.05, 0.1) is 11.1 Å². The molecule has 4 heteroatoms. The van der Waals surface area contributed by atoms with E-state index in [1.807, 2.05) is 36.4 Å². The molecule has 0 spiro atoms. The predicted molar refractivity (Wildman–Crippen MR) is 102 cm³/mol. The van der Waals surface area contributed by atoms with E-state index in [-0.39, 0.29) is 0 Å². The highest BCUT2D eigenvalue weighted by Gasteiger charge is 2.20. The monoisotopic (exact) mass is 336 g/mol. The Morgan fingerprint density at radius 3 is 2.62 bits per heavy atom. The molecule has 0 radical (unpaired) electrons. The molecule has 3 aromatic heterocycles. The van der Waals surface area contributed by atoms with E-state index in [1.165, 1.54) is 6.39 Å². The fourth-order valence-corrected chi connectivity index (χ4v) is 3.70. The Morgan fingerprint density at radius 2 is 1.69 bits per heavy atom. The summed E-state index contributed by atoms with van der Waals surface area (Å²) >= 11 is 0. The molecule has 3 aromatic carbocycles. The van der Waals surface area contributed by atoms with E-state index < -0.39 is 0 Å². The van der Waals surface area contributed by atoms with Gasteiger partial charge in [0, 0.05) is 22.5 Å². The molecule has 0 fully saturated rings. The van der Waals surface area contributed by atoms with Crippen molar-refractivity contribution in [3.05, 3.63) is 73.3 Å². The van der Waals surface area contributed by atoms with Crippen LogP contribution < -0.4 is 0 Å². The zero-order chi connectivity index (χ0) is 17.1. The van der Waals surface area contributed by atoms with Gasteiger partial charge in [-0.25, -0.2) is 4.98 Å². The van der Waals surface area contributed by atoms with Crippen LogP contribution in [0.2, 0.25) is 0 Å². The molecule has 6 aromatic rings. The average molecular weight is 336 g/mol. The molecule has 26 heavy (non-hydrogen) atoms. The highest BCUT2D eigenvalue weighted by molar-refractivity contribution is 6.24. The highest BCUT2D eigenvalue weighted by atomic mass is 16.3. The minimum Gasteiger partial charge on any atom is -0.455 e. The molecule has 0 saturated carbocycles. The second kappa shape index (κ2) is 4.92. The third kappa shape index (κ3) is 1.73. The molecule has 6 rings (SSSR count). The maximum atomic E-state index is 6.41. The van der Waals surface area contributed by atoms with Gasteiger partial charge in [-0.1, -0.05) is 36.4 Å². The molecular formula is C22H12N2O2. The number of hydrogen-bond donors (Lipinski definition) is 0. The maximum absolute atomic E-state index is 6.41. The molecule has 0 unspecified atom stereocenters. The molecule has 4 nitrogen and oxygen atoms in total. The lowest BCUT2D eigenvalue weighted by atomic mass is 10.0. The van der Waals surface area contributed by atoms with Crippen LogP contribution in [-0.4, -0.2) is 9.97 Å². The van der Waals surface area contributed by atoms with Gasteiger partial charge in [-0.15, -0.1) is 0 Å². The lowest BCUT2D eigenvalue weighted by molar-refractivity contribution is 0.602. The van der Waals surface area contributed by atoms with Crippen molar-refractivity contribution in [3.63, 3.8) is 0 Å². The highest BCUT2D eigenvalue weighted by Crippen LogP contribution is 2.41. The van der Waals surface area contributed by atoms with Crippen molar-refractivity contribution in [1.82, 2.24) is 9.97 Å². The van der Waals surface area contributed by atoms with E-state index in [0.717, 1.165) is 55.1 Å². The van der Waals surface area contributed by atoms with Gasteiger partial charge in [-0.05, 0) is 29.7 Å². The summed E-state index contributed by atoms with van der Waals surface area (Å²) in [5.41, 5.74) is 4.95. The van der Waals surface area contributed by atoms with Crippen LogP contribution in [0.1, 0.15) is 0 Å². The Balaban J connectivity index is 1.88. The number of pyridine rings is 1. The third-order valence-electron chi connectivity index (χ3n) is 4.87. The van der Waals surface area contributed by atoms with Crippen molar-refractivity contribution in [3.8, 4) is 11.3 Å². The zero-order valence-electron chi connectivity index (χ0n) is 13.6. The molecular weight excluding hydrogens is 324 g/mol. The summed E-state index contributed by atoms with van der Waals surface area (Å²) in [6, 6.07) is 20.3. The van der Waals surface area contributed by atoms with Crippen molar-refractivity contribution in [2.75, 3.05) is 0 Å². The Hall–Kier alpha value is -3.66. The van der Waals surface area contributed by atoms with Crippen LogP contribution in [0.5, 0.6) is 0 Å². The molecule has 0 N–H and O–H groups in total. The van der Waals surface area contributed by atoms with Crippen molar-refractivity contribution >= 4 is 43.8 Å². The van der Waals surface area contributed by atoms with E-state index >= 15 is 0 Å². The quantitative estimate of drug-likeness (QED) is 0.373. The molecule has 122 valence electrons. The second-order valence-electron chi connectivity index (χ2n) is 6.31. The Labute approximate surface area is 147 Å². The Kier molecular flexibility index (Phi) is 2.58. The number of fused-ring (bicyclic) bond motifs is 7. The Bertz CT molecular complexity index is 1430. The van der Waals surface area contributed by atoms with Crippen LogP contribution in [0.15, 0.2) is 82.1 Å². The number of nitrogens with zero attached hydrogens (tertiary/aromatic N) is 2. The lowest BCUT2D eigenvalue weighted by Crippen LogP contribution is -1.83. The minimum absolute atomic E-state index is 0.731. The summed E-state index contributed by atoms with van der Waals surface area (Å²) in [6.45, 7) is 0. The van der Waals surface area contributed by atoms with Gasteiger partial charge >= 0.3 is 0 Å². The van der Waals surface area contributed by atoms with Crippen molar-refractivity contribution < 1.29 is 8.83 Å². The van der Waals surface area contributed by atoms with E-state index in [9.17, 15) is 0 Å². The third-order valence-corrected chi connectivity index (χ3v) is 4.87. The number of oxazole rings is 1. The van der Waals surface area contributed by atoms with E-state index in [4.69, 9.17) is 8.83 Å². The molecule has 0 amide bonds. The minimum atomic E-state index is 0.731. The number of hydrogen-bond acceptors (Lipinski definition) is 4. The summed E-state index contributed by atoms with van der Waals surface area (Å²) < 4.78 is 12.0. The van der Waals surface area contributed by atoms with Gasteiger partial charge in [-0.3, -0.25) is 4.98 Å². The van der Waals surface area contributed by atoms with Crippen LogP contribution in [0.3, 0.4) is 0 Å². The standard InChI is InChI=1S/C22H12N2O2/c1-2-6-14-13(5-1)8-9-15-19-20-18(25-12-24-20)11-16(22(19)26-21(14)15)17-7-3-4-10-23-17/h1-12H. The van der Waals surface area contributed by atoms with Gasteiger partial charge in [0.15, 0.2) is 12.0 Å². The van der Waals surface area contributed by atoms with Crippen LogP contribution >= 0.6 is 0 Å². The van der Waals surface area contributed by atoms with Gasteiger partial charge < -0.3 is 8.83 Å². The van der Waals surface area contributed by atoms with Crippen molar-refractivity contribution in [1.29, 1.82) is 0 Å². The van der Waals surface area contributed by atoms with Crippen molar-refractivity contribution in [2.24, 2.45) is 0 Å². The zero-order valence-corrected chi connectivity index (χ0v) is 13.6. The first-order valence-corrected chi connectivity index (χ1v) is 8.42. The van der Waals surface area contributed by atoms with Gasteiger partial charge in [0.1, 0.15) is 16.7 Å². The predicted octanol–water partition coefficient (Wildman–Crippen LogP) is 5.94. The van der Waals surface area contributed by atoms with Crippen LogP contribution in [0.4, 0.5) is 0 Å². The molecule has 0 bridgehead atoms. The average Bonchev–Trinajstić information content (AvgIpc) is 3.32. The summed E-state index contributed by atoms with van der Waals surface area (Å²) in [4.78, 5) is 8.94. The molecule has 0 aliphatic rings. The van der Waals surface area contributed by atoms with E-state index in [1.54, 1.807) is 6.20 Å².